The number of aromatic nitrogens is 1. The van der Waals surface area contributed by atoms with Crippen molar-refractivity contribution in [3.05, 3.63) is 59.9 Å². The molecule has 0 N–H and O–H groups in total. The number of hydrogen-bond acceptors (Lipinski definition) is 2. The molecule has 2 aliphatic rings. The maximum Gasteiger partial charge on any atom is 0.228 e. The Balaban J connectivity index is 1.69. The molecule has 0 spiro atoms. The van der Waals surface area contributed by atoms with Gasteiger partial charge in [0, 0.05) is 31.6 Å². The molecule has 120 valence electrons. The van der Waals surface area contributed by atoms with Gasteiger partial charge in [0.25, 0.3) is 0 Å². The maximum atomic E-state index is 13.1. The van der Waals surface area contributed by atoms with Gasteiger partial charge in [-0.15, -0.1) is 0 Å². The summed E-state index contributed by atoms with van der Waals surface area (Å²) in [5.74, 6) is 0.252. The van der Waals surface area contributed by atoms with E-state index < -0.39 is 0 Å². The van der Waals surface area contributed by atoms with Crippen molar-refractivity contribution in [2.75, 3.05) is 19.8 Å². The summed E-state index contributed by atoms with van der Waals surface area (Å²) in [5, 5.41) is 0. The molecule has 4 rings (SSSR count). The summed E-state index contributed by atoms with van der Waals surface area (Å²) in [6.07, 6.45) is 4.03. The molecule has 0 radical (unpaired) electrons. The van der Waals surface area contributed by atoms with Crippen LogP contribution in [0.15, 0.2) is 48.7 Å². The first-order valence-electron chi connectivity index (χ1n) is 8.43. The Bertz CT molecular complexity index is 674. The van der Waals surface area contributed by atoms with Crippen LogP contribution < -0.4 is 0 Å². The first-order valence-corrected chi connectivity index (χ1v) is 8.43. The Morgan fingerprint density at radius 3 is 2.74 bits per heavy atom. The van der Waals surface area contributed by atoms with Crippen LogP contribution in [0.3, 0.4) is 0 Å². The standard InChI is InChI=1S/C19H22N2O2/c22-19(16-8-5-13-23-14-16)21-12-11-20-10-4-9-17(20)18(21)15-6-2-1-3-7-15/h1-4,6-7,9-10,16,18H,5,8,11-14H2/t16-,18-/m1/s1. The van der Waals surface area contributed by atoms with E-state index in [0.717, 1.165) is 32.5 Å². The van der Waals surface area contributed by atoms with Crippen LogP contribution in [0.2, 0.25) is 0 Å². The maximum absolute atomic E-state index is 13.1. The zero-order valence-electron chi connectivity index (χ0n) is 13.2. The zero-order valence-corrected chi connectivity index (χ0v) is 13.2. The van der Waals surface area contributed by atoms with E-state index in [9.17, 15) is 4.79 Å². The molecule has 1 amide bonds. The molecule has 4 heteroatoms. The van der Waals surface area contributed by atoms with Gasteiger partial charge >= 0.3 is 0 Å². The molecular weight excluding hydrogens is 288 g/mol. The molecule has 4 nitrogen and oxygen atoms in total. The minimum Gasteiger partial charge on any atom is -0.381 e. The summed E-state index contributed by atoms with van der Waals surface area (Å²) < 4.78 is 7.80. The number of amides is 1. The second-order valence-corrected chi connectivity index (χ2v) is 6.39. The molecule has 2 atom stereocenters. The van der Waals surface area contributed by atoms with E-state index in [1.165, 1.54) is 11.3 Å². The van der Waals surface area contributed by atoms with Crippen LogP contribution >= 0.6 is 0 Å². The molecule has 0 saturated carbocycles. The number of ether oxygens (including phenoxy) is 1. The van der Waals surface area contributed by atoms with Crippen molar-refractivity contribution in [1.29, 1.82) is 0 Å². The van der Waals surface area contributed by atoms with Gasteiger partial charge in [-0.3, -0.25) is 4.79 Å². The van der Waals surface area contributed by atoms with Gasteiger partial charge in [0.2, 0.25) is 5.91 Å². The van der Waals surface area contributed by atoms with Crippen LogP contribution in [-0.2, 0) is 16.1 Å². The van der Waals surface area contributed by atoms with Gasteiger partial charge in [-0.1, -0.05) is 30.3 Å². The first kappa shape index (κ1) is 14.5. The van der Waals surface area contributed by atoms with E-state index in [2.05, 4.69) is 39.9 Å². The minimum atomic E-state index is 0.00868. The van der Waals surface area contributed by atoms with E-state index in [0.29, 0.717) is 6.61 Å². The molecule has 0 unspecified atom stereocenters. The topological polar surface area (TPSA) is 34.5 Å². The molecule has 1 fully saturated rings. The van der Waals surface area contributed by atoms with Gasteiger partial charge in [0.1, 0.15) is 0 Å². The van der Waals surface area contributed by atoms with E-state index in [4.69, 9.17) is 4.74 Å². The Morgan fingerprint density at radius 2 is 1.96 bits per heavy atom. The van der Waals surface area contributed by atoms with Crippen molar-refractivity contribution in [2.45, 2.75) is 25.4 Å². The van der Waals surface area contributed by atoms with Crippen molar-refractivity contribution in [3.8, 4) is 0 Å². The van der Waals surface area contributed by atoms with E-state index in [1.807, 2.05) is 18.2 Å². The van der Waals surface area contributed by atoms with Gasteiger partial charge in [0.15, 0.2) is 0 Å². The summed E-state index contributed by atoms with van der Waals surface area (Å²) >= 11 is 0. The molecule has 1 saturated heterocycles. The van der Waals surface area contributed by atoms with E-state index in [-0.39, 0.29) is 17.9 Å². The molecule has 1 aromatic heterocycles. The summed E-state index contributed by atoms with van der Waals surface area (Å²) in [4.78, 5) is 15.2. The number of benzene rings is 1. The first-order chi connectivity index (χ1) is 11.3. The fourth-order valence-corrected chi connectivity index (χ4v) is 3.78. The smallest absolute Gasteiger partial charge is 0.228 e. The fraction of sp³-hybridized carbons (Fsp3) is 0.421. The Labute approximate surface area is 136 Å². The van der Waals surface area contributed by atoms with Crippen molar-refractivity contribution in [2.24, 2.45) is 5.92 Å². The molecule has 0 aliphatic carbocycles. The van der Waals surface area contributed by atoms with Gasteiger partial charge in [-0.25, -0.2) is 0 Å². The SMILES string of the molecule is O=C([C@@H]1CCCOC1)N1CCn2cccc2[C@H]1c1ccccc1. The number of fused-ring (bicyclic) bond motifs is 1. The highest BCUT2D eigenvalue weighted by Crippen LogP contribution is 2.34. The lowest BCUT2D eigenvalue weighted by atomic mass is 9.95. The second-order valence-electron chi connectivity index (χ2n) is 6.39. The second kappa shape index (κ2) is 6.20. The third-order valence-corrected chi connectivity index (χ3v) is 4.95. The summed E-state index contributed by atoms with van der Waals surface area (Å²) in [6, 6.07) is 14.6. The van der Waals surface area contributed by atoms with Crippen molar-refractivity contribution in [1.82, 2.24) is 9.47 Å². The van der Waals surface area contributed by atoms with Crippen molar-refractivity contribution in [3.63, 3.8) is 0 Å². The molecule has 2 aromatic rings. The molecular formula is C19H22N2O2. The number of carbonyl (C=O) groups excluding carboxylic acids is 1. The lowest BCUT2D eigenvalue weighted by Gasteiger charge is -2.39. The largest absolute Gasteiger partial charge is 0.381 e. The van der Waals surface area contributed by atoms with Crippen LogP contribution in [0.1, 0.15) is 30.1 Å². The number of rotatable bonds is 2. The van der Waals surface area contributed by atoms with Crippen molar-refractivity contribution >= 4 is 5.91 Å². The minimum absolute atomic E-state index is 0.00868. The molecule has 3 heterocycles. The Kier molecular flexibility index (Phi) is 3.92. The van der Waals surface area contributed by atoms with Crippen molar-refractivity contribution < 1.29 is 9.53 Å². The lowest BCUT2D eigenvalue weighted by molar-refractivity contribution is -0.142. The predicted octanol–water partition coefficient (Wildman–Crippen LogP) is 2.85. The highest BCUT2D eigenvalue weighted by molar-refractivity contribution is 5.80. The Morgan fingerprint density at radius 1 is 1.09 bits per heavy atom. The monoisotopic (exact) mass is 310 g/mol. The molecule has 23 heavy (non-hydrogen) atoms. The van der Waals surface area contributed by atoms with Gasteiger partial charge < -0.3 is 14.2 Å². The number of carbonyl (C=O) groups is 1. The number of hydrogen-bond donors (Lipinski definition) is 0. The molecule has 1 aromatic carbocycles. The quantitative estimate of drug-likeness (QED) is 0.855. The van der Waals surface area contributed by atoms with Gasteiger partial charge in [-0.05, 0) is 30.5 Å². The lowest BCUT2D eigenvalue weighted by Crippen LogP contribution is -2.46. The fourth-order valence-electron chi connectivity index (χ4n) is 3.78. The summed E-state index contributed by atoms with van der Waals surface area (Å²) in [7, 11) is 0. The van der Waals surface area contributed by atoms with Crippen LogP contribution in [0, 0.1) is 5.92 Å². The number of nitrogens with zero attached hydrogens (tertiary/aromatic N) is 2. The van der Waals surface area contributed by atoms with Crippen LogP contribution in [-0.4, -0.2) is 35.1 Å². The van der Waals surface area contributed by atoms with E-state index >= 15 is 0 Å². The highest BCUT2D eigenvalue weighted by Gasteiger charge is 2.35. The highest BCUT2D eigenvalue weighted by atomic mass is 16.5. The zero-order chi connectivity index (χ0) is 15.6. The average Bonchev–Trinajstić information content (AvgIpc) is 3.10. The van der Waals surface area contributed by atoms with Gasteiger partial charge in [-0.2, -0.15) is 0 Å². The normalized spacial score (nSPS) is 24.3. The van der Waals surface area contributed by atoms with Crippen LogP contribution in [0.5, 0.6) is 0 Å². The average molecular weight is 310 g/mol. The Hall–Kier alpha value is -2.07. The predicted molar refractivity (Wildman–Crippen MR) is 88.0 cm³/mol. The van der Waals surface area contributed by atoms with Crippen LogP contribution in [0.25, 0.3) is 0 Å². The third-order valence-electron chi connectivity index (χ3n) is 4.95. The summed E-state index contributed by atoms with van der Waals surface area (Å²) in [5.41, 5.74) is 2.38. The van der Waals surface area contributed by atoms with Gasteiger partial charge in [0.05, 0.1) is 18.6 Å². The summed E-state index contributed by atoms with van der Waals surface area (Å²) in [6.45, 7) is 2.98. The third kappa shape index (κ3) is 2.68. The molecule has 2 aliphatic heterocycles. The molecule has 0 bridgehead atoms. The van der Waals surface area contributed by atoms with E-state index in [1.54, 1.807) is 0 Å². The van der Waals surface area contributed by atoms with Crippen LogP contribution in [0.4, 0.5) is 0 Å².